The molecule has 30 heavy (non-hydrogen) atoms. The van der Waals surface area contributed by atoms with Gasteiger partial charge in [0.05, 0.1) is 14.2 Å². The molecule has 0 heterocycles. The molecular weight excluding hydrogens is 391 g/mol. The summed E-state index contributed by atoms with van der Waals surface area (Å²) >= 11 is 0. The number of esters is 1. The minimum atomic E-state index is -1.05. The number of amides is 2. The number of carbonyl (C=O) groups is 3. The van der Waals surface area contributed by atoms with Crippen LogP contribution in [0.3, 0.4) is 0 Å². The van der Waals surface area contributed by atoms with Gasteiger partial charge in [0.1, 0.15) is 23.7 Å². The van der Waals surface area contributed by atoms with E-state index in [9.17, 15) is 18.8 Å². The van der Waals surface area contributed by atoms with Gasteiger partial charge in [-0.15, -0.1) is 0 Å². The lowest BCUT2D eigenvalue weighted by atomic mass is 10.0. The third-order valence-corrected chi connectivity index (χ3v) is 4.48. The first-order valence-corrected chi connectivity index (χ1v) is 9.35. The number of ether oxygens (including phenoxy) is 2. The predicted octanol–water partition coefficient (Wildman–Crippen LogP) is 1.78. The van der Waals surface area contributed by atoms with Crippen molar-refractivity contribution in [1.82, 2.24) is 10.6 Å². The number of halogens is 1. The van der Waals surface area contributed by atoms with E-state index in [0.29, 0.717) is 5.75 Å². The maximum atomic E-state index is 14.0. The van der Waals surface area contributed by atoms with Gasteiger partial charge in [-0.25, -0.2) is 9.18 Å². The number of nitrogens with one attached hydrogen (secondary N) is 2. The fourth-order valence-corrected chi connectivity index (χ4v) is 2.94. The summed E-state index contributed by atoms with van der Waals surface area (Å²) in [5, 5.41) is 5.12. The molecule has 160 valence electrons. The number of carbonyl (C=O) groups excluding carboxylic acids is 3. The molecule has 2 amide bonds. The van der Waals surface area contributed by atoms with Crippen LogP contribution in [0.4, 0.5) is 4.39 Å². The van der Waals surface area contributed by atoms with Crippen LogP contribution in [0.15, 0.2) is 48.5 Å². The number of hydrogen-bond donors (Lipinski definition) is 2. The zero-order valence-electron chi connectivity index (χ0n) is 17.1. The molecule has 0 unspecified atom stereocenters. The number of hydrogen-bond acceptors (Lipinski definition) is 5. The van der Waals surface area contributed by atoms with Gasteiger partial charge in [0.2, 0.25) is 11.8 Å². The molecule has 2 atom stereocenters. The Morgan fingerprint density at radius 2 is 1.60 bits per heavy atom. The molecule has 2 N–H and O–H groups in total. The average Bonchev–Trinajstić information content (AvgIpc) is 2.73. The third-order valence-electron chi connectivity index (χ3n) is 4.48. The van der Waals surface area contributed by atoms with Crippen molar-refractivity contribution >= 4 is 17.8 Å². The molecule has 2 aromatic rings. The molecular formula is C22H25FN2O5. The summed E-state index contributed by atoms with van der Waals surface area (Å²) in [6.45, 7) is 1.26. The van der Waals surface area contributed by atoms with Gasteiger partial charge in [-0.05, 0) is 29.3 Å². The molecule has 8 heteroatoms. The maximum absolute atomic E-state index is 14.0. The van der Waals surface area contributed by atoms with Crippen LogP contribution in [0.1, 0.15) is 18.1 Å². The van der Waals surface area contributed by atoms with Crippen molar-refractivity contribution in [2.75, 3.05) is 14.2 Å². The van der Waals surface area contributed by atoms with Crippen LogP contribution >= 0.6 is 0 Å². The van der Waals surface area contributed by atoms with Crippen molar-refractivity contribution in [3.05, 3.63) is 65.5 Å². The van der Waals surface area contributed by atoms with Crippen molar-refractivity contribution in [1.29, 1.82) is 0 Å². The fourth-order valence-electron chi connectivity index (χ4n) is 2.94. The minimum Gasteiger partial charge on any atom is -0.497 e. The van der Waals surface area contributed by atoms with Crippen LogP contribution in [0.5, 0.6) is 5.75 Å². The van der Waals surface area contributed by atoms with E-state index in [1.807, 2.05) is 0 Å². The zero-order chi connectivity index (χ0) is 22.1. The van der Waals surface area contributed by atoms with Gasteiger partial charge in [-0.3, -0.25) is 9.59 Å². The Hall–Kier alpha value is -3.42. The van der Waals surface area contributed by atoms with Crippen molar-refractivity contribution in [2.45, 2.75) is 31.8 Å². The summed E-state index contributed by atoms with van der Waals surface area (Å²) < 4.78 is 23.9. The monoisotopic (exact) mass is 416 g/mol. The van der Waals surface area contributed by atoms with E-state index in [0.717, 1.165) is 5.56 Å². The number of rotatable bonds is 9. The Morgan fingerprint density at radius 1 is 0.933 bits per heavy atom. The second-order valence-corrected chi connectivity index (χ2v) is 6.69. The second kappa shape index (κ2) is 10.9. The van der Waals surface area contributed by atoms with Crippen LogP contribution in [-0.4, -0.2) is 44.1 Å². The molecule has 7 nitrogen and oxygen atoms in total. The molecule has 0 fully saturated rings. The largest absolute Gasteiger partial charge is 0.497 e. The first-order chi connectivity index (χ1) is 14.3. The highest BCUT2D eigenvalue weighted by atomic mass is 19.1. The smallest absolute Gasteiger partial charge is 0.328 e. The third kappa shape index (κ3) is 6.58. The lowest BCUT2D eigenvalue weighted by Crippen LogP contribution is -2.53. The van der Waals surface area contributed by atoms with Crippen LogP contribution in [0.2, 0.25) is 0 Å². The highest BCUT2D eigenvalue weighted by Gasteiger charge is 2.27. The van der Waals surface area contributed by atoms with Gasteiger partial charge in [-0.1, -0.05) is 30.3 Å². The number of methoxy groups -OCH3 is 2. The molecule has 2 rings (SSSR count). The van der Waals surface area contributed by atoms with Gasteiger partial charge in [-0.2, -0.15) is 0 Å². The molecule has 2 aromatic carbocycles. The van der Waals surface area contributed by atoms with Crippen molar-refractivity contribution in [3.8, 4) is 5.75 Å². The van der Waals surface area contributed by atoms with Crippen molar-refractivity contribution in [2.24, 2.45) is 0 Å². The lowest BCUT2D eigenvalue weighted by Gasteiger charge is -2.22. The molecule has 0 aliphatic rings. The predicted molar refractivity (Wildman–Crippen MR) is 108 cm³/mol. The Balaban J connectivity index is 2.17. The van der Waals surface area contributed by atoms with Crippen LogP contribution in [-0.2, 0) is 32.0 Å². The summed E-state index contributed by atoms with van der Waals surface area (Å²) in [5.41, 5.74) is 1.05. The molecule has 0 aliphatic carbocycles. The second-order valence-electron chi connectivity index (χ2n) is 6.69. The lowest BCUT2D eigenvalue weighted by molar-refractivity contribution is -0.145. The fraction of sp³-hybridized carbons (Fsp3) is 0.318. The Morgan fingerprint density at radius 3 is 2.17 bits per heavy atom. The van der Waals surface area contributed by atoms with E-state index >= 15 is 0 Å². The van der Waals surface area contributed by atoms with E-state index in [1.54, 1.807) is 37.4 Å². The molecule has 0 aromatic heterocycles. The molecule has 0 saturated carbocycles. The van der Waals surface area contributed by atoms with Gasteiger partial charge >= 0.3 is 5.97 Å². The quantitative estimate of drug-likeness (QED) is 0.608. The summed E-state index contributed by atoms with van der Waals surface area (Å²) in [4.78, 5) is 36.6. The highest BCUT2D eigenvalue weighted by Crippen LogP contribution is 2.14. The molecule has 0 aliphatic heterocycles. The van der Waals surface area contributed by atoms with Crippen LogP contribution in [0, 0.1) is 5.82 Å². The molecule has 0 radical (unpaired) electrons. The molecule has 0 spiro atoms. The van der Waals surface area contributed by atoms with E-state index < -0.39 is 35.7 Å². The first kappa shape index (κ1) is 22.9. The van der Waals surface area contributed by atoms with E-state index in [4.69, 9.17) is 9.47 Å². The summed E-state index contributed by atoms with van der Waals surface area (Å²) in [6.07, 6.45) is 0.114. The normalized spacial score (nSPS) is 12.4. The SMILES string of the molecule is COC(=O)[C@@H](Cc1ccc(OC)cc1)NC(=O)[C@H](Cc1ccccc1F)NC(C)=O. The van der Waals surface area contributed by atoms with Crippen molar-refractivity contribution < 1.29 is 28.2 Å². The Bertz CT molecular complexity index is 885. The van der Waals surface area contributed by atoms with E-state index in [1.165, 1.54) is 32.2 Å². The summed E-state index contributed by atoms with van der Waals surface area (Å²) in [5.74, 6) is -1.52. The van der Waals surface area contributed by atoms with Crippen LogP contribution in [0.25, 0.3) is 0 Å². The standard InChI is InChI=1S/C22H25FN2O5/c1-14(26)24-19(13-16-6-4-5-7-18(16)23)21(27)25-20(22(28)30-3)12-15-8-10-17(29-2)11-9-15/h4-11,19-20H,12-13H2,1-3H3,(H,24,26)(H,25,27)/t19-,20+/m0/s1. The van der Waals surface area contributed by atoms with Gasteiger partial charge in [0.15, 0.2) is 0 Å². The first-order valence-electron chi connectivity index (χ1n) is 9.35. The molecule has 0 bridgehead atoms. The van der Waals surface area contributed by atoms with Gasteiger partial charge < -0.3 is 20.1 Å². The van der Waals surface area contributed by atoms with Gasteiger partial charge in [0, 0.05) is 19.8 Å². The summed E-state index contributed by atoms with van der Waals surface area (Å²) in [6, 6.07) is 11.0. The summed E-state index contributed by atoms with van der Waals surface area (Å²) in [7, 11) is 2.77. The topological polar surface area (TPSA) is 93.7 Å². The zero-order valence-corrected chi connectivity index (χ0v) is 17.1. The Labute approximate surface area is 174 Å². The van der Waals surface area contributed by atoms with E-state index in [2.05, 4.69) is 10.6 Å². The maximum Gasteiger partial charge on any atom is 0.328 e. The van der Waals surface area contributed by atoms with E-state index in [-0.39, 0.29) is 18.4 Å². The van der Waals surface area contributed by atoms with Crippen LogP contribution < -0.4 is 15.4 Å². The van der Waals surface area contributed by atoms with Gasteiger partial charge in [0.25, 0.3) is 0 Å². The average molecular weight is 416 g/mol. The highest BCUT2D eigenvalue weighted by molar-refractivity contribution is 5.90. The molecule has 0 saturated heterocycles. The number of benzene rings is 2. The van der Waals surface area contributed by atoms with Crippen molar-refractivity contribution in [3.63, 3.8) is 0 Å². The Kier molecular flexibility index (Phi) is 8.34. The minimum absolute atomic E-state index is 0.0610.